The van der Waals surface area contributed by atoms with Crippen LogP contribution >= 0.6 is 0 Å². The van der Waals surface area contributed by atoms with E-state index in [1.165, 1.54) is 0 Å². The summed E-state index contributed by atoms with van der Waals surface area (Å²) in [4.78, 5) is 49.7. The standard InChI is InChI=1S/2C11H23N4O.C9H17N2O4.Mn/c2*1-2-5-13-6-3-4-11(16)14-7-9-15(12)10-8-14;1-2-4-11(7-9(14)15)5-3-10-6-8(12)13;/h2*2-10,12H2,1H3;2-7H2,1H3,(H,12,13)(H,14,15);/q3*-1;. The van der Waals surface area contributed by atoms with Crippen LogP contribution in [0, 0.1) is 0 Å². The molecule has 283 valence electrons. The molecule has 0 spiro atoms. The van der Waals surface area contributed by atoms with E-state index in [1.807, 2.05) is 16.7 Å². The number of piperazine rings is 2. The molecule has 0 aromatic carbocycles. The minimum absolute atomic E-state index is 0. The third-order valence-electron chi connectivity index (χ3n) is 7.23. The minimum atomic E-state index is -0.963. The van der Waals surface area contributed by atoms with Crippen molar-refractivity contribution in [2.75, 3.05) is 111 Å². The number of hydrazine groups is 2. The van der Waals surface area contributed by atoms with Crippen LogP contribution in [0.4, 0.5) is 0 Å². The van der Waals surface area contributed by atoms with Gasteiger partial charge in [0, 0.05) is 82.3 Å². The van der Waals surface area contributed by atoms with E-state index in [-0.39, 0.29) is 42.0 Å². The molecule has 17 heteroatoms. The fraction of sp³-hybridized carbons (Fsp3) is 0.871. The molecule has 2 fully saturated rings. The summed E-state index contributed by atoms with van der Waals surface area (Å²) in [6.07, 6.45) is 6.05. The van der Waals surface area contributed by atoms with Gasteiger partial charge in [-0.3, -0.25) is 35.8 Å². The van der Waals surface area contributed by atoms with Crippen molar-refractivity contribution < 1.29 is 46.5 Å². The van der Waals surface area contributed by atoms with Crippen LogP contribution in [0.15, 0.2) is 0 Å². The van der Waals surface area contributed by atoms with Crippen molar-refractivity contribution in [2.24, 2.45) is 11.7 Å². The number of nitrogens with two attached hydrogens (primary N) is 2. The molecule has 0 aromatic heterocycles. The number of carboxylic acid groups (broad SMARTS) is 2. The van der Waals surface area contributed by atoms with Crippen molar-refractivity contribution in [3.63, 3.8) is 0 Å². The molecule has 1 radical (unpaired) electrons. The second-order valence-corrected chi connectivity index (χ2v) is 11.6. The zero-order valence-corrected chi connectivity index (χ0v) is 30.8. The Morgan fingerprint density at radius 1 is 0.604 bits per heavy atom. The molecule has 0 unspecified atom stereocenters. The van der Waals surface area contributed by atoms with Gasteiger partial charge in [-0.1, -0.05) is 46.5 Å². The van der Waals surface area contributed by atoms with Gasteiger partial charge in [-0.2, -0.15) is 0 Å². The number of rotatable bonds is 21. The number of carbonyl (C=O) groups excluding carboxylic acids is 2. The molecule has 48 heavy (non-hydrogen) atoms. The number of carbonyl (C=O) groups is 4. The molecule has 0 bridgehead atoms. The molecule has 0 aliphatic carbocycles. The molecule has 2 amide bonds. The second kappa shape index (κ2) is 32.3. The number of aliphatic carboxylic acids is 2. The average molecular weight is 727 g/mol. The van der Waals surface area contributed by atoms with Crippen LogP contribution in [0.1, 0.15) is 65.7 Å². The molecule has 2 aliphatic rings. The molecular formula is C31H63MnN10O6-3. The maximum absolute atomic E-state index is 11.8. The van der Waals surface area contributed by atoms with Crippen molar-refractivity contribution in [1.29, 1.82) is 0 Å². The molecule has 0 saturated carbocycles. The Bertz CT molecular complexity index is 788. The molecule has 2 rings (SSSR count). The maximum atomic E-state index is 11.8. The summed E-state index contributed by atoms with van der Waals surface area (Å²) in [6.45, 7) is 17.2. The number of carboxylic acids is 2. The Morgan fingerprint density at radius 3 is 1.40 bits per heavy atom. The van der Waals surface area contributed by atoms with Crippen LogP contribution in [0.2, 0.25) is 0 Å². The molecule has 0 aromatic rings. The summed E-state index contributed by atoms with van der Waals surface area (Å²) in [5, 5.41) is 32.8. The molecule has 2 aliphatic heterocycles. The van der Waals surface area contributed by atoms with E-state index in [0.717, 1.165) is 111 Å². The molecule has 6 N–H and O–H groups in total. The number of hydrogen-bond acceptors (Lipinski definition) is 9. The van der Waals surface area contributed by atoms with E-state index in [1.54, 1.807) is 14.9 Å². The Kier molecular flexibility index (Phi) is 32.4. The van der Waals surface area contributed by atoms with E-state index >= 15 is 0 Å². The summed E-state index contributed by atoms with van der Waals surface area (Å²) in [5.41, 5.74) is 0. The van der Waals surface area contributed by atoms with Crippen molar-refractivity contribution in [1.82, 2.24) is 24.7 Å². The third-order valence-corrected chi connectivity index (χ3v) is 7.23. The quantitative estimate of drug-likeness (QED) is 0.0752. The van der Waals surface area contributed by atoms with Crippen LogP contribution in [0.3, 0.4) is 0 Å². The van der Waals surface area contributed by atoms with Crippen molar-refractivity contribution in [2.45, 2.75) is 65.7 Å². The zero-order valence-electron chi connectivity index (χ0n) is 29.6. The Hall–Kier alpha value is -1.92. The van der Waals surface area contributed by atoms with Crippen LogP contribution < -0.4 is 11.7 Å². The number of amides is 2. The van der Waals surface area contributed by atoms with E-state index in [0.29, 0.717) is 32.5 Å². The van der Waals surface area contributed by atoms with Gasteiger partial charge in [0.25, 0.3) is 5.97 Å². The van der Waals surface area contributed by atoms with Gasteiger partial charge in [-0.15, -0.1) is 32.7 Å². The molecule has 2 saturated heterocycles. The van der Waals surface area contributed by atoms with Gasteiger partial charge >= 0.3 is 5.97 Å². The Morgan fingerprint density at radius 2 is 1.04 bits per heavy atom. The minimum Gasteiger partial charge on any atom is -0.662 e. The molecular weight excluding hydrogens is 663 g/mol. The normalized spacial score (nSPS) is 15.1. The topological polar surface area (TPSA) is 219 Å². The smallest absolute Gasteiger partial charge is 0.317 e. The van der Waals surface area contributed by atoms with E-state index in [9.17, 15) is 19.2 Å². The first-order chi connectivity index (χ1) is 22.5. The van der Waals surface area contributed by atoms with Gasteiger partial charge < -0.3 is 36.0 Å². The summed E-state index contributed by atoms with van der Waals surface area (Å²) in [7, 11) is 0. The molecule has 0 atom stereocenters. The van der Waals surface area contributed by atoms with Gasteiger partial charge in [0.05, 0.1) is 6.54 Å². The van der Waals surface area contributed by atoms with Crippen LogP contribution in [-0.4, -0.2) is 170 Å². The van der Waals surface area contributed by atoms with Crippen LogP contribution in [-0.2, 0) is 36.2 Å². The summed E-state index contributed by atoms with van der Waals surface area (Å²) in [5.74, 6) is 9.93. The van der Waals surface area contributed by atoms with Crippen molar-refractivity contribution in [3.05, 3.63) is 16.0 Å². The first-order valence-electron chi connectivity index (χ1n) is 17.1. The Labute approximate surface area is 299 Å². The van der Waals surface area contributed by atoms with E-state index < -0.39 is 11.9 Å². The third kappa shape index (κ3) is 28.0. The predicted octanol–water partition coefficient (Wildman–Crippen LogP) is 1.38. The average Bonchev–Trinajstić information content (AvgIpc) is 3.04. The number of nitrogens with zero attached hydrogens (tertiary/aromatic N) is 8. The largest absolute Gasteiger partial charge is 0.662 e. The van der Waals surface area contributed by atoms with Crippen molar-refractivity contribution >= 4 is 23.8 Å². The van der Waals surface area contributed by atoms with E-state index in [4.69, 9.17) is 21.9 Å². The van der Waals surface area contributed by atoms with Crippen LogP contribution in [0.25, 0.3) is 16.0 Å². The summed E-state index contributed by atoms with van der Waals surface area (Å²) >= 11 is 0. The zero-order chi connectivity index (χ0) is 35.3. The fourth-order valence-corrected chi connectivity index (χ4v) is 4.65. The van der Waals surface area contributed by atoms with Gasteiger partial charge in [-0.25, -0.2) is 10.0 Å². The Balaban J connectivity index is 0. The van der Waals surface area contributed by atoms with E-state index in [2.05, 4.69) is 29.8 Å². The van der Waals surface area contributed by atoms with Gasteiger partial charge in [0.1, 0.15) is 0 Å². The monoisotopic (exact) mass is 726 g/mol. The van der Waals surface area contributed by atoms with Gasteiger partial charge in [-0.05, 0) is 26.1 Å². The maximum Gasteiger partial charge on any atom is 0.317 e. The predicted molar refractivity (Wildman–Crippen MR) is 185 cm³/mol. The van der Waals surface area contributed by atoms with Gasteiger partial charge in [0.2, 0.25) is 11.8 Å². The number of hydrogen-bond donors (Lipinski definition) is 4. The van der Waals surface area contributed by atoms with Crippen molar-refractivity contribution in [3.8, 4) is 0 Å². The van der Waals surface area contributed by atoms with Crippen LogP contribution in [0.5, 0.6) is 0 Å². The fourth-order valence-electron chi connectivity index (χ4n) is 4.65. The summed E-state index contributed by atoms with van der Waals surface area (Å²) in [6, 6.07) is 0. The summed E-state index contributed by atoms with van der Waals surface area (Å²) < 4.78 is 0. The second-order valence-electron chi connectivity index (χ2n) is 11.6. The molecule has 16 nitrogen and oxygen atoms in total. The SMILES string of the molecule is CCCN(CC[N-]CC(=O)O)CC(=O)O.CCC[N-]CCCC(=O)N1CCN(N)CC1.CCC[N-]CCCC(=O)N1CCN(N)CC1.[Mn]. The first-order valence-corrected chi connectivity index (χ1v) is 17.1. The molecule has 2 heterocycles. The van der Waals surface area contributed by atoms with Gasteiger partial charge in [0.15, 0.2) is 0 Å². The first kappa shape index (κ1) is 48.2.